The van der Waals surface area contributed by atoms with E-state index in [0.717, 1.165) is 0 Å². The van der Waals surface area contributed by atoms with Crippen LogP contribution in [0.3, 0.4) is 0 Å². The number of nitrogens with zero attached hydrogens (tertiary/aromatic N) is 1. The first-order valence-electron chi connectivity index (χ1n) is 12.6. The molecular formula is C24H54NO4S+. The lowest BCUT2D eigenvalue weighted by atomic mass is 10.0. The molecule has 0 aromatic heterocycles. The Balaban J connectivity index is 0. The van der Waals surface area contributed by atoms with Gasteiger partial charge in [-0.05, 0) is 26.7 Å². The highest BCUT2D eigenvalue weighted by atomic mass is 32.3. The molecule has 30 heavy (non-hydrogen) atoms. The summed E-state index contributed by atoms with van der Waals surface area (Å²) in [7, 11) is 0.531. The first-order chi connectivity index (χ1) is 14.2. The molecule has 6 heteroatoms. The van der Waals surface area contributed by atoms with Crippen molar-refractivity contribution in [3.05, 3.63) is 0 Å². The highest BCUT2D eigenvalue weighted by molar-refractivity contribution is 7.80. The maximum Gasteiger partial charge on any atom is 0.397 e. The van der Waals surface area contributed by atoms with Gasteiger partial charge in [-0.3, -0.25) is 4.55 Å². The van der Waals surface area contributed by atoms with E-state index < -0.39 is 10.4 Å². The van der Waals surface area contributed by atoms with E-state index in [9.17, 15) is 8.42 Å². The largest absolute Gasteiger partial charge is 0.397 e. The van der Waals surface area contributed by atoms with Gasteiger partial charge in [0.05, 0.1) is 33.8 Å². The fraction of sp³-hybridized carbons (Fsp3) is 1.00. The van der Waals surface area contributed by atoms with Crippen molar-refractivity contribution >= 4 is 10.4 Å². The number of unbranched alkanes of at least 4 members (excludes halogenated alkanes) is 15. The van der Waals surface area contributed by atoms with E-state index in [1.54, 1.807) is 0 Å². The molecule has 0 amide bonds. The zero-order chi connectivity index (χ0) is 23.1. The van der Waals surface area contributed by atoms with Gasteiger partial charge in [-0.2, -0.15) is 8.42 Å². The highest BCUT2D eigenvalue weighted by Crippen LogP contribution is 2.14. The normalized spacial score (nSPS) is 11.9. The van der Waals surface area contributed by atoms with E-state index in [1.165, 1.54) is 127 Å². The molecule has 5 nitrogen and oxygen atoms in total. The van der Waals surface area contributed by atoms with Gasteiger partial charge in [0.2, 0.25) is 0 Å². The van der Waals surface area contributed by atoms with Gasteiger partial charge < -0.3 is 4.48 Å². The van der Waals surface area contributed by atoms with E-state index in [0.29, 0.717) is 0 Å². The molecule has 0 fully saturated rings. The molecule has 0 heterocycles. The van der Waals surface area contributed by atoms with Gasteiger partial charge in [-0.25, -0.2) is 4.18 Å². The Bertz CT molecular complexity index is 438. The molecule has 0 saturated carbocycles. The van der Waals surface area contributed by atoms with E-state index in [-0.39, 0.29) is 6.61 Å². The van der Waals surface area contributed by atoms with Crippen LogP contribution >= 0.6 is 0 Å². The second kappa shape index (κ2) is 22.0. The molecule has 0 spiro atoms. The summed E-state index contributed by atoms with van der Waals surface area (Å²) in [4.78, 5) is 0. The topological polar surface area (TPSA) is 63.6 Å². The average Bonchev–Trinajstić information content (AvgIpc) is 2.67. The molecule has 184 valence electrons. The maximum atomic E-state index is 9.56. The molecule has 0 aliphatic rings. The van der Waals surface area contributed by atoms with Gasteiger partial charge >= 0.3 is 10.4 Å². The van der Waals surface area contributed by atoms with E-state index in [1.807, 2.05) is 0 Å². The average molecular weight is 453 g/mol. The fourth-order valence-electron chi connectivity index (χ4n) is 3.39. The SMILES string of the molecule is CCCCCCCCCCCCCCCCCC[N+](C)(C)CC.CCOS(=O)(=O)O. The second-order valence-corrected chi connectivity index (χ2v) is 10.2. The maximum absolute atomic E-state index is 9.56. The van der Waals surface area contributed by atoms with Crippen molar-refractivity contribution in [2.45, 2.75) is 124 Å². The second-order valence-electron chi connectivity index (χ2n) is 9.11. The van der Waals surface area contributed by atoms with Gasteiger partial charge in [-0.1, -0.05) is 96.8 Å². The first-order valence-corrected chi connectivity index (χ1v) is 14.0. The van der Waals surface area contributed by atoms with Gasteiger partial charge in [0.15, 0.2) is 0 Å². The predicted molar refractivity (Wildman–Crippen MR) is 130 cm³/mol. The van der Waals surface area contributed by atoms with Crippen molar-refractivity contribution in [3.63, 3.8) is 0 Å². The minimum atomic E-state index is -4.17. The summed E-state index contributed by atoms with van der Waals surface area (Å²) < 4.78 is 31.8. The predicted octanol–water partition coefficient (Wildman–Crippen LogP) is 7.17. The van der Waals surface area contributed by atoms with Crippen molar-refractivity contribution in [1.82, 2.24) is 0 Å². The van der Waals surface area contributed by atoms with Gasteiger partial charge in [0, 0.05) is 0 Å². The van der Waals surface area contributed by atoms with Crippen molar-refractivity contribution < 1.29 is 21.6 Å². The van der Waals surface area contributed by atoms with Crippen molar-refractivity contribution in [1.29, 1.82) is 0 Å². The summed E-state index contributed by atoms with van der Waals surface area (Å²) in [5.41, 5.74) is 0. The summed E-state index contributed by atoms with van der Waals surface area (Å²) >= 11 is 0. The number of hydrogen-bond donors (Lipinski definition) is 1. The summed E-state index contributed by atoms with van der Waals surface area (Å²) in [6, 6.07) is 0. The number of quaternary nitrogens is 1. The molecule has 0 aromatic carbocycles. The molecule has 0 aliphatic carbocycles. The number of rotatable bonds is 20. The Morgan fingerprint density at radius 3 is 1.20 bits per heavy atom. The molecule has 0 atom stereocenters. The van der Waals surface area contributed by atoms with Crippen LogP contribution in [0, 0.1) is 0 Å². The number of hydrogen-bond acceptors (Lipinski definition) is 3. The molecule has 0 unspecified atom stereocenters. The van der Waals surface area contributed by atoms with Crippen LogP contribution in [0.25, 0.3) is 0 Å². The van der Waals surface area contributed by atoms with Crippen LogP contribution in [-0.2, 0) is 14.6 Å². The van der Waals surface area contributed by atoms with E-state index in [4.69, 9.17) is 4.55 Å². The van der Waals surface area contributed by atoms with Crippen LogP contribution in [0.5, 0.6) is 0 Å². The molecule has 0 bridgehead atoms. The lowest BCUT2D eigenvalue weighted by Crippen LogP contribution is -2.39. The smallest absolute Gasteiger partial charge is 0.329 e. The van der Waals surface area contributed by atoms with E-state index >= 15 is 0 Å². The molecule has 0 aromatic rings. The fourth-order valence-corrected chi connectivity index (χ4v) is 3.69. The van der Waals surface area contributed by atoms with Gasteiger partial charge in [0.25, 0.3) is 0 Å². The third-order valence-electron chi connectivity index (χ3n) is 5.74. The van der Waals surface area contributed by atoms with Crippen molar-refractivity contribution in [2.24, 2.45) is 0 Å². The van der Waals surface area contributed by atoms with Crippen LogP contribution in [0.4, 0.5) is 0 Å². The summed E-state index contributed by atoms with van der Waals surface area (Å²) in [6.07, 6.45) is 23.4. The third kappa shape index (κ3) is 30.0. The lowest BCUT2D eigenvalue weighted by molar-refractivity contribution is -0.888. The quantitative estimate of drug-likeness (QED) is 0.121. The summed E-state index contributed by atoms with van der Waals surface area (Å²) in [6.45, 7) is 8.65. The lowest BCUT2D eigenvalue weighted by Gasteiger charge is -2.28. The van der Waals surface area contributed by atoms with Crippen molar-refractivity contribution in [2.75, 3.05) is 33.8 Å². The van der Waals surface area contributed by atoms with Crippen molar-refractivity contribution in [3.8, 4) is 0 Å². The van der Waals surface area contributed by atoms with Crippen LogP contribution in [-0.4, -0.2) is 51.2 Å². The Kier molecular flexibility index (Phi) is 23.5. The standard InChI is InChI=1S/C22H48N.C2H6O4S/c1-5-7-8-9-10-11-12-13-14-15-16-17-18-19-20-21-22-23(3,4)6-2;1-2-6-7(3,4)5/h5-22H2,1-4H3;2H2,1H3,(H,3,4,5)/q+1;. The molecule has 1 N–H and O–H groups in total. The Labute approximate surface area is 189 Å². The van der Waals surface area contributed by atoms with Crippen LogP contribution in [0.15, 0.2) is 0 Å². The van der Waals surface area contributed by atoms with Gasteiger partial charge in [0.1, 0.15) is 0 Å². The Hall–Kier alpha value is -0.170. The highest BCUT2D eigenvalue weighted by Gasteiger charge is 2.09. The molecule has 0 aliphatic heterocycles. The summed E-state index contributed by atoms with van der Waals surface area (Å²) in [5.74, 6) is 0. The summed E-state index contributed by atoms with van der Waals surface area (Å²) in [5, 5.41) is 0. The minimum absolute atomic E-state index is 0.0289. The van der Waals surface area contributed by atoms with E-state index in [2.05, 4.69) is 32.1 Å². The monoisotopic (exact) mass is 452 g/mol. The first kappa shape index (κ1) is 32.0. The molecule has 0 radical (unpaired) electrons. The molecule has 0 saturated heterocycles. The zero-order valence-electron chi connectivity index (χ0n) is 21.0. The van der Waals surface area contributed by atoms with Crippen LogP contribution in [0.2, 0.25) is 0 Å². The minimum Gasteiger partial charge on any atom is -0.329 e. The van der Waals surface area contributed by atoms with Crippen LogP contribution < -0.4 is 0 Å². The van der Waals surface area contributed by atoms with Gasteiger partial charge in [-0.15, -0.1) is 0 Å². The Morgan fingerprint density at radius 1 is 0.633 bits per heavy atom. The van der Waals surface area contributed by atoms with Crippen LogP contribution in [0.1, 0.15) is 124 Å². The third-order valence-corrected chi connectivity index (χ3v) is 6.27. The Morgan fingerprint density at radius 2 is 0.967 bits per heavy atom. The molecule has 0 rings (SSSR count). The molecular weight excluding hydrogens is 398 g/mol. The zero-order valence-corrected chi connectivity index (χ0v) is 21.8.